The lowest BCUT2D eigenvalue weighted by Gasteiger charge is -2.30. The summed E-state index contributed by atoms with van der Waals surface area (Å²) in [6.45, 7) is 9.67. The Morgan fingerprint density at radius 2 is 1.62 bits per heavy atom. The molecule has 0 aromatic heterocycles. The van der Waals surface area contributed by atoms with Crippen LogP contribution in [0.2, 0.25) is 0 Å². The van der Waals surface area contributed by atoms with Gasteiger partial charge in [-0.05, 0) is 39.8 Å². The van der Waals surface area contributed by atoms with Gasteiger partial charge >= 0.3 is 5.97 Å². The predicted octanol–water partition coefficient (Wildman–Crippen LogP) is 2.23. The first-order valence-corrected chi connectivity index (χ1v) is 7.20. The maximum Gasteiger partial charge on any atom is 0.336 e. The van der Waals surface area contributed by atoms with E-state index < -0.39 is 5.97 Å². The van der Waals surface area contributed by atoms with Crippen LogP contribution < -0.4 is 5.32 Å². The molecule has 0 radical (unpaired) electrons. The largest absolute Gasteiger partial charge is 0.478 e. The van der Waals surface area contributed by atoms with Gasteiger partial charge in [0.05, 0.1) is 11.1 Å². The summed E-state index contributed by atoms with van der Waals surface area (Å²) in [5.41, 5.74) is 0.227. The van der Waals surface area contributed by atoms with Crippen molar-refractivity contribution in [2.75, 3.05) is 13.1 Å². The number of aromatic carboxylic acids is 1. The SMILES string of the molecule is CC(C)N(CCNC(=O)c1ccccc1C(=O)O)C(C)C. The van der Waals surface area contributed by atoms with Crippen molar-refractivity contribution in [1.82, 2.24) is 10.2 Å². The Hall–Kier alpha value is -1.88. The fraction of sp³-hybridized carbons (Fsp3) is 0.500. The predicted molar refractivity (Wildman–Crippen MR) is 82.7 cm³/mol. The lowest BCUT2D eigenvalue weighted by Crippen LogP contribution is -2.42. The van der Waals surface area contributed by atoms with Crippen LogP contribution in [-0.2, 0) is 0 Å². The summed E-state index contributed by atoms with van der Waals surface area (Å²) in [4.78, 5) is 25.5. The fourth-order valence-corrected chi connectivity index (χ4v) is 2.37. The van der Waals surface area contributed by atoms with Crippen LogP contribution in [0.5, 0.6) is 0 Å². The van der Waals surface area contributed by atoms with Crippen molar-refractivity contribution in [3.8, 4) is 0 Å². The van der Waals surface area contributed by atoms with E-state index in [1.807, 2.05) is 0 Å². The van der Waals surface area contributed by atoms with Gasteiger partial charge in [0, 0.05) is 25.2 Å². The number of carbonyl (C=O) groups excluding carboxylic acids is 1. The number of nitrogens with zero attached hydrogens (tertiary/aromatic N) is 1. The minimum Gasteiger partial charge on any atom is -0.478 e. The standard InChI is InChI=1S/C16H24N2O3/c1-11(2)18(12(3)4)10-9-17-15(19)13-7-5-6-8-14(13)16(20)21/h5-8,11-12H,9-10H2,1-4H3,(H,17,19)(H,20,21). The lowest BCUT2D eigenvalue weighted by molar-refractivity contribution is 0.0691. The molecule has 2 N–H and O–H groups in total. The van der Waals surface area contributed by atoms with Crippen LogP contribution in [0, 0.1) is 0 Å². The smallest absolute Gasteiger partial charge is 0.336 e. The third-order valence-corrected chi connectivity index (χ3v) is 3.38. The van der Waals surface area contributed by atoms with Gasteiger partial charge in [-0.3, -0.25) is 9.69 Å². The second-order valence-corrected chi connectivity index (χ2v) is 5.53. The molecule has 5 nitrogen and oxygen atoms in total. The van der Waals surface area contributed by atoms with Crippen molar-refractivity contribution in [2.45, 2.75) is 39.8 Å². The van der Waals surface area contributed by atoms with E-state index in [1.165, 1.54) is 12.1 Å². The summed E-state index contributed by atoms with van der Waals surface area (Å²) in [6, 6.07) is 7.03. The highest BCUT2D eigenvalue weighted by Crippen LogP contribution is 2.09. The molecule has 0 unspecified atom stereocenters. The first kappa shape index (κ1) is 17.2. The molecule has 21 heavy (non-hydrogen) atoms. The molecule has 0 atom stereocenters. The van der Waals surface area contributed by atoms with Gasteiger partial charge in [-0.1, -0.05) is 12.1 Å². The Balaban J connectivity index is 2.65. The Morgan fingerprint density at radius 3 is 2.10 bits per heavy atom. The number of carbonyl (C=O) groups is 2. The van der Waals surface area contributed by atoms with E-state index in [0.717, 1.165) is 6.54 Å². The molecule has 5 heteroatoms. The maximum atomic E-state index is 12.1. The molecule has 0 saturated heterocycles. The molecule has 1 amide bonds. The first-order chi connectivity index (χ1) is 9.84. The van der Waals surface area contributed by atoms with E-state index in [0.29, 0.717) is 18.6 Å². The van der Waals surface area contributed by atoms with Crippen LogP contribution in [-0.4, -0.2) is 47.1 Å². The Bertz CT molecular complexity index is 490. The van der Waals surface area contributed by atoms with Gasteiger partial charge in [-0.25, -0.2) is 4.79 Å². The Kier molecular flexibility index (Phi) is 6.37. The molecule has 0 aliphatic carbocycles. The highest BCUT2D eigenvalue weighted by molar-refractivity contribution is 6.04. The number of rotatable bonds is 7. The molecule has 0 aliphatic heterocycles. The number of benzene rings is 1. The lowest BCUT2D eigenvalue weighted by atomic mass is 10.1. The second-order valence-electron chi connectivity index (χ2n) is 5.53. The molecular formula is C16H24N2O3. The van der Waals surface area contributed by atoms with E-state index >= 15 is 0 Å². The molecule has 0 fully saturated rings. The molecule has 1 rings (SSSR count). The highest BCUT2D eigenvalue weighted by Gasteiger charge is 2.17. The van der Waals surface area contributed by atoms with Gasteiger partial charge in [0.1, 0.15) is 0 Å². The number of hydrogen-bond donors (Lipinski definition) is 2. The van der Waals surface area contributed by atoms with Crippen LogP contribution in [0.1, 0.15) is 48.4 Å². The minimum atomic E-state index is -1.09. The van der Waals surface area contributed by atoms with Crippen molar-refractivity contribution >= 4 is 11.9 Å². The molecule has 0 spiro atoms. The summed E-state index contributed by atoms with van der Waals surface area (Å²) in [7, 11) is 0. The van der Waals surface area contributed by atoms with Crippen molar-refractivity contribution in [2.24, 2.45) is 0 Å². The average molecular weight is 292 g/mol. The summed E-state index contributed by atoms with van der Waals surface area (Å²) in [5.74, 6) is -1.44. The van der Waals surface area contributed by atoms with E-state index in [4.69, 9.17) is 5.11 Å². The summed E-state index contributed by atoms with van der Waals surface area (Å²) < 4.78 is 0. The summed E-state index contributed by atoms with van der Waals surface area (Å²) in [5, 5.41) is 11.9. The van der Waals surface area contributed by atoms with Crippen LogP contribution in [0.25, 0.3) is 0 Å². The molecule has 0 heterocycles. The van der Waals surface area contributed by atoms with E-state index in [2.05, 4.69) is 37.9 Å². The van der Waals surface area contributed by atoms with Crippen molar-refractivity contribution < 1.29 is 14.7 Å². The van der Waals surface area contributed by atoms with Crippen LogP contribution in [0.15, 0.2) is 24.3 Å². The van der Waals surface area contributed by atoms with Crippen molar-refractivity contribution in [1.29, 1.82) is 0 Å². The van der Waals surface area contributed by atoms with Gasteiger partial charge < -0.3 is 10.4 Å². The molecule has 0 saturated carbocycles. The topological polar surface area (TPSA) is 69.6 Å². The Morgan fingerprint density at radius 1 is 1.10 bits per heavy atom. The first-order valence-electron chi connectivity index (χ1n) is 7.20. The normalized spacial score (nSPS) is 11.2. The van der Waals surface area contributed by atoms with Gasteiger partial charge in [-0.2, -0.15) is 0 Å². The number of nitrogens with one attached hydrogen (secondary N) is 1. The molecule has 0 bridgehead atoms. The van der Waals surface area contributed by atoms with Crippen LogP contribution >= 0.6 is 0 Å². The molecule has 0 aliphatic rings. The zero-order valence-electron chi connectivity index (χ0n) is 13.1. The maximum absolute atomic E-state index is 12.1. The zero-order chi connectivity index (χ0) is 16.0. The third-order valence-electron chi connectivity index (χ3n) is 3.38. The van der Waals surface area contributed by atoms with Gasteiger partial charge in [0.15, 0.2) is 0 Å². The number of amides is 1. The number of hydrogen-bond acceptors (Lipinski definition) is 3. The zero-order valence-corrected chi connectivity index (χ0v) is 13.1. The molecule has 1 aromatic rings. The minimum absolute atomic E-state index is 0.0274. The van der Waals surface area contributed by atoms with Gasteiger partial charge in [0.2, 0.25) is 0 Å². The summed E-state index contributed by atoms with van der Waals surface area (Å²) in [6.07, 6.45) is 0. The van der Waals surface area contributed by atoms with Crippen LogP contribution in [0.3, 0.4) is 0 Å². The average Bonchev–Trinajstić information content (AvgIpc) is 2.42. The quantitative estimate of drug-likeness (QED) is 0.808. The van der Waals surface area contributed by atoms with Crippen molar-refractivity contribution in [3.05, 3.63) is 35.4 Å². The van der Waals surface area contributed by atoms with Gasteiger partial charge in [-0.15, -0.1) is 0 Å². The Labute approximate surface area is 126 Å². The molecular weight excluding hydrogens is 268 g/mol. The monoisotopic (exact) mass is 292 g/mol. The summed E-state index contributed by atoms with van der Waals surface area (Å²) >= 11 is 0. The second kappa shape index (κ2) is 7.78. The fourth-order valence-electron chi connectivity index (χ4n) is 2.37. The van der Waals surface area contributed by atoms with Crippen molar-refractivity contribution in [3.63, 3.8) is 0 Å². The highest BCUT2D eigenvalue weighted by atomic mass is 16.4. The third kappa shape index (κ3) is 4.86. The molecule has 116 valence electrons. The van der Waals surface area contributed by atoms with E-state index in [9.17, 15) is 9.59 Å². The van der Waals surface area contributed by atoms with Gasteiger partial charge in [0.25, 0.3) is 5.91 Å². The van der Waals surface area contributed by atoms with E-state index in [-0.39, 0.29) is 17.0 Å². The van der Waals surface area contributed by atoms with E-state index in [1.54, 1.807) is 12.1 Å². The number of carboxylic acid groups (broad SMARTS) is 1. The van der Waals surface area contributed by atoms with Crippen LogP contribution in [0.4, 0.5) is 0 Å². The number of carboxylic acids is 1. The molecule has 1 aromatic carbocycles.